The Labute approximate surface area is 126 Å². The summed E-state index contributed by atoms with van der Waals surface area (Å²) in [4.78, 5) is 0. The van der Waals surface area contributed by atoms with E-state index in [0.29, 0.717) is 12.5 Å². The van der Waals surface area contributed by atoms with E-state index in [-0.39, 0.29) is 5.84 Å². The molecule has 3 N–H and O–H groups in total. The lowest BCUT2D eigenvalue weighted by Crippen LogP contribution is -2.11. The van der Waals surface area contributed by atoms with Crippen LogP contribution in [-0.2, 0) is 6.61 Å². The standard InChI is InChI=1S/C18H22N2O/c1-3-13(2)15-7-9-17(10-8-15)21-12-14-5-4-6-16(11-14)18(19)20/h4-11,13H,3,12H2,1-2H3,(H3,19,20). The maximum Gasteiger partial charge on any atom is 0.122 e. The van der Waals surface area contributed by atoms with Gasteiger partial charge in [-0.05, 0) is 41.7 Å². The number of nitrogens with one attached hydrogen (secondary N) is 1. The molecule has 0 aliphatic heterocycles. The Bertz CT molecular complexity index is 605. The summed E-state index contributed by atoms with van der Waals surface area (Å²) in [5.41, 5.74) is 8.56. The first-order valence-corrected chi connectivity index (χ1v) is 7.26. The molecule has 0 aliphatic carbocycles. The Morgan fingerprint density at radius 2 is 1.90 bits per heavy atom. The molecule has 21 heavy (non-hydrogen) atoms. The Balaban J connectivity index is 1.99. The number of nitrogen functional groups attached to an aromatic ring is 1. The van der Waals surface area contributed by atoms with Gasteiger partial charge >= 0.3 is 0 Å². The highest BCUT2D eigenvalue weighted by Gasteiger charge is 2.03. The van der Waals surface area contributed by atoms with E-state index in [4.69, 9.17) is 15.9 Å². The molecule has 110 valence electrons. The first kappa shape index (κ1) is 15.1. The molecule has 2 aromatic carbocycles. The summed E-state index contributed by atoms with van der Waals surface area (Å²) in [6, 6.07) is 15.8. The van der Waals surface area contributed by atoms with Crippen LogP contribution in [0.2, 0.25) is 0 Å². The predicted octanol–water partition coefficient (Wildman–Crippen LogP) is 4.06. The largest absolute Gasteiger partial charge is 0.489 e. The minimum absolute atomic E-state index is 0.0785. The molecule has 1 atom stereocenters. The maximum atomic E-state index is 7.45. The zero-order valence-corrected chi connectivity index (χ0v) is 12.6. The highest BCUT2D eigenvalue weighted by Crippen LogP contribution is 2.22. The van der Waals surface area contributed by atoms with Gasteiger partial charge in [0.15, 0.2) is 0 Å². The minimum Gasteiger partial charge on any atom is -0.489 e. The Morgan fingerprint density at radius 1 is 1.19 bits per heavy atom. The third-order valence-corrected chi connectivity index (χ3v) is 3.70. The van der Waals surface area contributed by atoms with Gasteiger partial charge in [0.05, 0.1) is 0 Å². The molecule has 0 aromatic heterocycles. The lowest BCUT2D eigenvalue weighted by Gasteiger charge is -2.11. The quantitative estimate of drug-likeness (QED) is 0.620. The van der Waals surface area contributed by atoms with Crippen LogP contribution < -0.4 is 10.5 Å². The van der Waals surface area contributed by atoms with E-state index in [2.05, 4.69) is 26.0 Å². The van der Waals surface area contributed by atoms with Crippen molar-refractivity contribution >= 4 is 5.84 Å². The zero-order valence-electron chi connectivity index (χ0n) is 12.6. The van der Waals surface area contributed by atoms with Crippen molar-refractivity contribution in [2.24, 2.45) is 5.73 Å². The summed E-state index contributed by atoms with van der Waals surface area (Å²) in [5, 5.41) is 7.45. The van der Waals surface area contributed by atoms with Crippen molar-refractivity contribution in [1.82, 2.24) is 0 Å². The number of hydrogen-bond donors (Lipinski definition) is 2. The van der Waals surface area contributed by atoms with Crippen molar-refractivity contribution in [3.63, 3.8) is 0 Å². The van der Waals surface area contributed by atoms with E-state index in [0.717, 1.165) is 23.3 Å². The average Bonchev–Trinajstić information content (AvgIpc) is 2.53. The van der Waals surface area contributed by atoms with Crippen LogP contribution in [0.4, 0.5) is 0 Å². The third-order valence-electron chi connectivity index (χ3n) is 3.70. The van der Waals surface area contributed by atoms with Gasteiger partial charge in [-0.2, -0.15) is 0 Å². The monoisotopic (exact) mass is 282 g/mol. The molecular formula is C18H22N2O. The minimum atomic E-state index is 0.0785. The smallest absolute Gasteiger partial charge is 0.122 e. The maximum absolute atomic E-state index is 7.45. The molecule has 0 spiro atoms. The summed E-state index contributed by atoms with van der Waals surface area (Å²) >= 11 is 0. The molecule has 2 rings (SSSR count). The van der Waals surface area contributed by atoms with Gasteiger partial charge in [0.25, 0.3) is 0 Å². The van der Waals surface area contributed by atoms with E-state index in [1.807, 2.05) is 36.4 Å². The van der Waals surface area contributed by atoms with Crippen LogP contribution in [0, 0.1) is 5.41 Å². The van der Waals surface area contributed by atoms with E-state index in [9.17, 15) is 0 Å². The lowest BCUT2D eigenvalue weighted by molar-refractivity contribution is 0.306. The molecule has 2 aromatic rings. The molecule has 0 bridgehead atoms. The molecule has 3 heteroatoms. The van der Waals surface area contributed by atoms with Crippen molar-refractivity contribution in [2.45, 2.75) is 32.8 Å². The van der Waals surface area contributed by atoms with Gasteiger partial charge in [0.1, 0.15) is 18.2 Å². The van der Waals surface area contributed by atoms with Crippen LogP contribution in [-0.4, -0.2) is 5.84 Å². The number of hydrogen-bond acceptors (Lipinski definition) is 2. The second-order valence-electron chi connectivity index (χ2n) is 5.28. The second kappa shape index (κ2) is 6.93. The number of ether oxygens (including phenoxy) is 1. The fourth-order valence-electron chi connectivity index (χ4n) is 2.12. The predicted molar refractivity (Wildman–Crippen MR) is 86.9 cm³/mol. The Morgan fingerprint density at radius 3 is 2.52 bits per heavy atom. The Kier molecular flexibility index (Phi) is 4.99. The zero-order chi connectivity index (χ0) is 15.2. The summed E-state index contributed by atoms with van der Waals surface area (Å²) in [6.07, 6.45) is 1.14. The fourth-order valence-corrected chi connectivity index (χ4v) is 2.12. The van der Waals surface area contributed by atoms with Crippen molar-refractivity contribution in [1.29, 1.82) is 5.41 Å². The van der Waals surface area contributed by atoms with Crippen LogP contribution in [0.15, 0.2) is 48.5 Å². The molecule has 0 aliphatic rings. The topological polar surface area (TPSA) is 59.1 Å². The highest BCUT2D eigenvalue weighted by atomic mass is 16.5. The van der Waals surface area contributed by atoms with Crippen LogP contribution >= 0.6 is 0 Å². The van der Waals surface area contributed by atoms with Crippen LogP contribution in [0.25, 0.3) is 0 Å². The average molecular weight is 282 g/mol. The number of amidine groups is 1. The van der Waals surface area contributed by atoms with Crippen molar-refractivity contribution in [3.05, 3.63) is 65.2 Å². The highest BCUT2D eigenvalue weighted by molar-refractivity contribution is 5.95. The van der Waals surface area contributed by atoms with Crippen molar-refractivity contribution in [3.8, 4) is 5.75 Å². The van der Waals surface area contributed by atoms with Gasteiger partial charge in [0.2, 0.25) is 0 Å². The van der Waals surface area contributed by atoms with Gasteiger partial charge in [0, 0.05) is 5.56 Å². The van der Waals surface area contributed by atoms with Crippen LogP contribution in [0.1, 0.15) is 42.9 Å². The van der Waals surface area contributed by atoms with E-state index < -0.39 is 0 Å². The van der Waals surface area contributed by atoms with Crippen LogP contribution in [0.5, 0.6) is 5.75 Å². The van der Waals surface area contributed by atoms with Gasteiger partial charge in [-0.3, -0.25) is 5.41 Å². The molecule has 0 radical (unpaired) electrons. The molecule has 0 saturated heterocycles. The Hall–Kier alpha value is -2.29. The normalized spacial score (nSPS) is 11.9. The van der Waals surface area contributed by atoms with Gasteiger partial charge < -0.3 is 10.5 Å². The van der Waals surface area contributed by atoms with Crippen LogP contribution in [0.3, 0.4) is 0 Å². The first-order valence-electron chi connectivity index (χ1n) is 7.26. The summed E-state index contributed by atoms with van der Waals surface area (Å²) in [6.45, 7) is 4.89. The second-order valence-corrected chi connectivity index (χ2v) is 5.28. The van der Waals surface area contributed by atoms with E-state index in [1.165, 1.54) is 5.56 Å². The van der Waals surface area contributed by atoms with Gasteiger partial charge in [-0.15, -0.1) is 0 Å². The summed E-state index contributed by atoms with van der Waals surface area (Å²) < 4.78 is 5.78. The van der Waals surface area contributed by atoms with Crippen molar-refractivity contribution in [2.75, 3.05) is 0 Å². The SMILES string of the molecule is CCC(C)c1ccc(OCc2cccc(C(=N)N)c2)cc1. The lowest BCUT2D eigenvalue weighted by atomic mass is 9.99. The molecule has 3 nitrogen and oxygen atoms in total. The van der Waals surface area contributed by atoms with Crippen molar-refractivity contribution < 1.29 is 4.74 Å². The molecule has 0 heterocycles. The molecule has 1 unspecified atom stereocenters. The molecular weight excluding hydrogens is 260 g/mol. The number of nitrogens with two attached hydrogens (primary N) is 1. The first-order chi connectivity index (χ1) is 10.1. The summed E-state index contributed by atoms with van der Waals surface area (Å²) in [7, 11) is 0. The number of rotatable bonds is 6. The molecule has 0 fully saturated rings. The van der Waals surface area contributed by atoms with E-state index in [1.54, 1.807) is 0 Å². The van der Waals surface area contributed by atoms with Gasteiger partial charge in [-0.25, -0.2) is 0 Å². The number of benzene rings is 2. The molecule has 0 saturated carbocycles. The fraction of sp³-hybridized carbons (Fsp3) is 0.278. The summed E-state index contributed by atoms with van der Waals surface area (Å²) in [5.74, 6) is 1.51. The third kappa shape index (κ3) is 4.09. The van der Waals surface area contributed by atoms with Gasteiger partial charge in [-0.1, -0.05) is 44.2 Å². The molecule has 0 amide bonds. The van der Waals surface area contributed by atoms with E-state index >= 15 is 0 Å².